The average Bonchev–Trinajstić information content (AvgIpc) is 2.89. The van der Waals surface area contributed by atoms with Gasteiger partial charge >= 0.3 is 5.97 Å². The van der Waals surface area contributed by atoms with Gasteiger partial charge in [0, 0.05) is 11.3 Å². The molecule has 3 N–H and O–H groups in total. The Morgan fingerprint density at radius 3 is 2.61 bits per heavy atom. The highest BCUT2D eigenvalue weighted by Gasteiger charge is 2.28. The van der Waals surface area contributed by atoms with Crippen LogP contribution in [0, 0.1) is 0 Å². The average molecular weight is 304 g/mol. The number of aromatic carboxylic acids is 1. The summed E-state index contributed by atoms with van der Waals surface area (Å²) < 4.78 is 0. The first-order valence-electron chi connectivity index (χ1n) is 7.11. The van der Waals surface area contributed by atoms with Crippen LogP contribution in [0.3, 0.4) is 0 Å². The van der Waals surface area contributed by atoms with Crippen LogP contribution in [0.15, 0.2) is 54.2 Å². The molecule has 2 aromatic carbocycles. The van der Waals surface area contributed by atoms with Crippen LogP contribution < -0.4 is 10.6 Å². The molecule has 0 radical (unpaired) electrons. The number of carboxylic acid groups (broad SMARTS) is 1. The molecule has 0 aliphatic carbocycles. The van der Waals surface area contributed by atoms with Gasteiger partial charge in [0.25, 0.3) is 5.91 Å². The van der Waals surface area contributed by atoms with Crippen LogP contribution in [0.1, 0.15) is 21.5 Å². The number of amides is 1. The van der Waals surface area contributed by atoms with Crippen LogP contribution in [-0.4, -0.2) is 17.0 Å². The van der Waals surface area contributed by atoms with Crippen molar-refractivity contribution < 1.29 is 14.7 Å². The molecule has 0 saturated carbocycles. The van der Waals surface area contributed by atoms with E-state index in [2.05, 4.69) is 10.6 Å². The van der Waals surface area contributed by atoms with Crippen LogP contribution >= 0.6 is 0 Å². The zero-order valence-corrected chi connectivity index (χ0v) is 12.0. The monoisotopic (exact) mass is 304 g/mol. The van der Waals surface area contributed by atoms with Crippen LogP contribution in [0.4, 0.5) is 11.4 Å². The maximum absolute atomic E-state index is 12.3. The van der Waals surface area contributed by atoms with Crippen molar-refractivity contribution in [2.75, 3.05) is 10.6 Å². The Morgan fingerprint density at radius 2 is 1.78 bits per heavy atom. The highest BCUT2D eigenvalue weighted by atomic mass is 16.4. The highest BCUT2D eigenvalue weighted by Crippen LogP contribution is 2.37. The second-order valence-corrected chi connectivity index (χ2v) is 5.35. The molecule has 0 fully saturated rings. The van der Waals surface area contributed by atoms with E-state index in [1.807, 2.05) is 36.4 Å². The smallest absolute Gasteiger partial charge is 0.335 e. The first-order chi connectivity index (χ1) is 11.1. The Balaban J connectivity index is 1.83. The van der Waals surface area contributed by atoms with Crippen molar-refractivity contribution in [3.8, 4) is 0 Å². The largest absolute Gasteiger partial charge is 0.478 e. The lowest BCUT2D eigenvalue weighted by molar-refractivity contribution is -0.110. The number of carboxylic acids is 1. The number of rotatable bonds is 1. The normalized spacial score (nSPS) is 18.0. The minimum absolute atomic E-state index is 0.146. The van der Waals surface area contributed by atoms with Crippen molar-refractivity contribution in [2.24, 2.45) is 0 Å². The molecule has 0 unspecified atom stereocenters. The maximum Gasteiger partial charge on any atom is 0.335 e. The predicted molar refractivity (Wildman–Crippen MR) is 88.0 cm³/mol. The van der Waals surface area contributed by atoms with Gasteiger partial charge in [0.2, 0.25) is 0 Å². The quantitative estimate of drug-likeness (QED) is 0.707. The summed E-state index contributed by atoms with van der Waals surface area (Å²) in [5.41, 5.74) is 4.56. The summed E-state index contributed by atoms with van der Waals surface area (Å²) in [6.45, 7) is 0. The summed E-state index contributed by atoms with van der Waals surface area (Å²) in [4.78, 5) is 23.4. The number of para-hydroxylation sites is 1. The number of allylic oxidation sites excluding steroid dienone is 1. The van der Waals surface area contributed by atoms with Gasteiger partial charge in [-0.25, -0.2) is 4.79 Å². The maximum atomic E-state index is 12.3. The topological polar surface area (TPSA) is 78.4 Å². The Hall–Kier alpha value is -3.34. The van der Waals surface area contributed by atoms with Crippen molar-refractivity contribution in [3.05, 3.63) is 70.9 Å². The third-order valence-corrected chi connectivity index (χ3v) is 3.94. The van der Waals surface area contributed by atoms with Gasteiger partial charge in [-0.3, -0.25) is 4.79 Å². The molecule has 1 amide bonds. The van der Waals surface area contributed by atoms with Gasteiger partial charge < -0.3 is 15.7 Å². The summed E-state index contributed by atoms with van der Waals surface area (Å²) >= 11 is 0. The van der Waals surface area contributed by atoms with Gasteiger partial charge in [-0.1, -0.05) is 30.3 Å². The first-order valence-corrected chi connectivity index (χ1v) is 7.11. The van der Waals surface area contributed by atoms with Crippen LogP contribution in [-0.2, 0) is 4.79 Å². The number of carbonyl (C=O) groups excluding carboxylic acids is 1. The summed E-state index contributed by atoms with van der Waals surface area (Å²) in [7, 11) is 0. The molecular weight excluding hydrogens is 292 g/mol. The molecule has 0 bridgehead atoms. The predicted octanol–water partition coefficient (Wildman–Crippen LogP) is 3.19. The Bertz CT molecular complexity index is 926. The first kappa shape index (κ1) is 13.3. The van der Waals surface area contributed by atoms with E-state index in [4.69, 9.17) is 5.11 Å². The SMILES string of the molecule is O=C1Nc2cc(C(=O)O)ccc2/C1=C1\C=Cc2ccccc2N1. The third kappa shape index (κ3) is 2.10. The van der Waals surface area contributed by atoms with Crippen molar-refractivity contribution >= 4 is 34.9 Å². The molecule has 5 heteroatoms. The molecule has 0 spiro atoms. The molecule has 0 atom stereocenters. The minimum Gasteiger partial charge on any atom is -0.478 e. The zero-order valence-electron chi connectivity index (χ0n) is 12.0. The zero-order chi connectivity index (χ0) is 16.0. The fourth-order valence-electron chi connectivity index (χ4n) is 2.84. The summed E-state index contributed by atoms with van der Waals surface area (Å²) in [6.07, 6.45) is 3.81. The molecule has 5 nitrogen and oxygen atoms in total. The van der Waals surface area contributed by atoms with Gasteiger partial charge in [-0.2, -0.15) is 0 Å². The molecule has 2 aliphatic rings. The van der Waals surface area contributed by atoms with E-state index in [1.54, 1.807) is 6.07 Å². The Labute approximate surface area is 132 Å². The van der Waals surface area contributed by atoms with Crippen LogP contribution in [0.25, 0.3) is 11.6 Å². The van der Waals surface area contributed by atoms with Crippen LogP contribution in [0.5, 0.6) is 0 Å². The van der Waals surface area contributed by atoms with E-state index in [9.17, 15) is 9.59 Å². The second kappa shape index (κ2) is 4.84. The van der Waals surface area contributed by atoms with E-state index in [-0.39, 0.29) is 11.5 Å². The van der Waals surface area contributed by atoms with E-state index in [1.165, 1.54) is 12.1 Å². The van der Waals surface area contributed by atoms with Crippen LogP contribution in [0.2, 0.25) is 0 Å². The Kier molecular flexibility index (Phi) is 2.81. The molecule has 2 heterocycles. The molecule has 4 rings (SSSR count). The summed E-state index contributed by atoms with van der Waals surface area (Å²) in [5.74, 6) is -1.26. The van der Waals surface area contributed by atoms with E-state index < -0.39 is 5.97 Å². The Morgan fingerprint density at radius 1 is 0.957 bits per heavy atom. The summed E-state index contributed by atoms with van der Waals surface area (Å²) in [6, 6.07) is 12.5. The standard InChI is InChI=1S/C18H12N2O3/c21-17-16(12-7-5-11(18(22)23)9-15(12)20-17)14-8-6-10-3-1-2-4-13(10)19-14/h1-9,19H,(H,20,21)(H,22,23)/b16-14-. The molecule has 2 aliphatic heterocycles. The second-order valence-electron chi connectivity index (χ2n) is 5.35. The fraction of sp³-hybridized carbons (Fsp3) is 0. The number of hydrogen-bond donors (Lipinski definition) is 3. The number of hydrogen-bond acceptors (Lipinski definition) is 3. The van der Waals surface area contributed by atoms with E-state index >= 15 is 0 Å². The van der Waals surface area contributed by atoms with E-state index in [0.29, 0.717) is 22.5 Å². The highest BCUT2D eigenvalue weighted by molar-refractivity contribution is 6.33. The number of nitrogens with one attached hydrogen (secondary N) is 2. The lowest BCUT2D eigenvalue weighted by atomic mass is 10.00. The van der Waals surface area contributed by atoms with Crippen molar-refractivity contribution in [1.82, 2.24) is 0 Å². The van der Waals surface area contributed by atoms with E-state index in [0.717, 1.165) is 11.3 Å². The summed E-state index contributed by atoms with van der Waals surface area (Å²) in [5, 5.41) is 15.1. The molecule has 0 aromatic heterocycles. The minimum atomic E-state index is -1.02. The molecule has 112 valence electrons. The number of carbonyl (C=O) groups is 2. The number of fused-ring (bicyclic) bond motifs is 2. The lowest BCUT2D eigenvalue weighted by Gasteiger charge is -2.17. The number of anilines is 2. The van der Waals surface area contributed by atoms with Gasteiger partial charge in [0.15, 0.2) is 0 Å². The molecular formula is C18H12N2O3. The third-order valence-electron chi connectivity index (χ3n) is 3.94. The van der Waals surface area contributed by atoms with Crippen molar-refractivity contribution in [2.45, 2.75) is 0 Å². The van der Waals surface area contributed by atoms with Gasteiger partial charge in [-0.15, -0.1) is 0 Å². The van der Waals surface area contributed by atoms with Gasteiger partial charge in [0.1, 0.15) is 0 Å². The molecule has 0 saturated heterocycles. The number of benzene rings is 2. The van der Waals surface area contributed by atoms with Crippen molar-refractivity contribution in [1.29, 1.82) is 0 Å². The van der Waals surface area contributed by atoms with Gasteiger partial charge in [-0.05, 0) is 29.8 Å². The lowest BCUT2D eigenvalue weighted by Crippen LogP contribution is -2.11. The molecule has 2 aromatic rings. The van der Waals surface area contributed by atoms with Crippen molar-refractivity contribution in [3.63, 3.8) is 0 Å². The molecule has 23 heavy (non-hydrogen) atoms. The van der Waals surface area contributed by atoms with Gasteiger partial charge in [0.05, 0.1) is 22.5 Å². The fourth-order valence-corrected chi connectivity index (χ4v) is 2.84.